The van der Waals surface area contributed by atoms with Gasteiger partial charge in [-0.3, -0.25) is 15.0 Å². The molecule has 32 heavy (non-hydrogen) atoms. The highest BCUT2D eigenvalue weighted by molar-refractivity contribution is 6.20. The first-order valence-corrected chi connectivity index (χ1v) is 11.0. The molecule has 0 bridgehead atoms. The first-order valence-electron chi connectivity index (χ1n) is 10.5. The topological polar surface area (TPSA) is 98.9 Å². The van der Waals surface area contributed by atoms with E-state index < -0.39 is 5.83 Å². The summed E-state index contributed by atoms with van der Waals surface area (Å²) in [6.07, 6.45) is 7.86. The average molecular weight is 466 g/mol. The van der Waals surface area contributed by atoms with E-state index >= 15 is 0 Å². The van der Waals surface area contributed by atoms with E-state index in [2.05, 4.69) is 15.0 Å². The van der Waals surface area contributed by atoms with Crippen LogP contribution >= 0.6 is 11.6 Å². The highest BCUT2D eigenvalue weighted by atomic mass is 35.5. The lowest BCUT2D eigenvalue weighted by molar-refractivity contribution is 0.418. The molecule has 8 heteroatoms. The number of benzene rings is 1. The zero-order valence-electron chi connectivity index (χ0n) is 20.1. The molecule has 0 spiro atoms. The highest BCUT2D eigenvalue weighted by Crippen LogP contribution is 2.27. The van der Waals surface area contributed by atoms with Gasteiger partial charge in [0.2, 0.25) is 0 Å². The van der Waals surface area contributed by atoms with Crippen molar-refractivity contribution in [2.24, 2.45) is 21.5 Å². The van der Waals surface area contributed by atoms with Crippen molar-refractivity contribution in [1.82, 2.24) is 4.98 Å². The molecule has 0 aliphatic heterocycles. The Labute approximate surface area is 196 Å². The molecule has 0 radical (unpaired) electrons. The van der Waals surface area contributed by atoms with E-state index in [1.54, 1.807) is 44.5 Å². The van der Waals surface area contributed by atoms with Crippen molar-refractivity contribution < 1.29 is 9.13 Å². The fourth-order valence-corrected chi connectivity index (χ4v) is 2.06. The molecule has 0 aliphatic carbocycles. The minimum absolute atomic E-state index is 0.147. The van der Waals surface area contributed by atoms with Gasteiger partial charge in [0, 0.05) is 23.2 Å². The second-order valence-electron chi connectivity index (χ2n) is 5.61. The van der Waals surface area contributed by atoms with Crippen molar-refractivity contribution in [3.8, 4) is 5.75 Å². The Hall–Kier alpha value is -2.93. The summed E-state index contributed by atoms with van der Waals surface area (Å²) in [4.78, 5) is 11.6. The molecule has 6 nitrogen and oxygen atoms in total. The Balaban J connectivity index is 0. The van der Waals surface area contributed by atoms with Crippen molar-refractivity contribution >= 4 is 34.5 Å². The first kappa shape index (κ1) is 31.3. The third-order valence-electron chi connectivity index (χ3n) is 3.21. The van der Waals surface area contributed by atoms with Gasteiger partial charge in [0.1, 0.15) is 17.1 Å². The van der Waals surface area contributed by atoms with Crippen LogP contribution in [0.25, 0.3) is 10.8 Å². The van der Waals surface area contributed by atoms with Crippen molar-refractivity contribution in [2.45, 2.75) is 54.0 Å². The summed E-state index contributed by atoms with van der Waals surface area (Å²) in [7, 11) is 0. The smallest absolute Gasteiger partial charge is 0.158 e. The second kappa shape index (κ2) is 20.0. The van der Waals surface area contributed by atoms with Crippen LogP contribution in [-0.4, -0.2) is 29.2 Å². The Bertz CT molecular complexity index is 866. The highest BCUT2D eigenvalue weighted by Gasteiger charge is 2.06. The van der Waals surface area contributed by atoms with Gasteiger partial charge in [-0.1, -0.05) is 57.5 Å². The lowest BCUT2D eigenvalue weighted by Crippen LogP contribution is -2.05. The summed E-state index contributed by atoms with van der Waals surface area (Å²) in [5, 5.41) is 1.81. The fraction of sp³-hybridized carbons (Fsp3) is 0.375. The number of ether oxygens (including phenoxy) is 1. The van der Waals surface area contributed by atoms with E-state index in [4.69, 9.17) is 27.8 Å². The number of rotatable bonds is 6. The quantitative estimate of drug-likeness (QED) is 0.129. The molecule has 0 fully saturated rings. The van der Waals surface area contributed by atoms with Crippen molar-refractivity contribution in [1.29, 1.82) is 0 Å². The van der Waals surface area contributed by atoms with Gasteiger partial charge >= 0.3 is 0 Å². The molecule has 1 aromatic carbocycles. The number of aromatic nitrogens is 1. The van der Waals surface area contributed by atoms with Gasteiger partial charge in [-0.25, -0.2) is 4.39 Å². The molecule has 1 atom stereocenters. The molecule has 1 unspecified atom stereocenters. The predicted octanol–water partition coefficient (Wildman–Crippen LogP) is 6.36. The number of nitrogens with two attached hydrogens (primary N) is 2. The Morgan fingerprint density at radius 3 is 2.38 bits per heavy atom. The van der Waals surface area contributed by atoms with Crippen LogP contribution in [0.4, 0.5) is 4.39 Å². The van der Waals surface area contributed by atoms with Crippen LogP contribution < -0.4 is 16.2 Å². The zero-order valence-corrected chi connectivity index (χ0v) is 20.9. The van der Waals surface area contributed by atoms with Gasteiger partial charge in [-0.2, -0.15) is 0 Å². The monoisotopic (exact) mass is 465 g/mol. The van der Waals surface area contributed by atoms with Gasteiger partial charge in [0.15, 0.2) is 5.76 Å². The molecule has 0 aliphatic rings. The summed E-state index contributed by atoms with van der Waals surface area (Å²) in [6.45, 7) is 13.2. The number of alkyl halides is 1. The van der Waals surface area contributed by atoms with Crippen molar-refractivity contribution in [3.63, 3.8) is 0 Å². The number of allylic oxidation sites excluding steroid dienone is 2. The number of nitrogens with zero attached hydrogens (tertiary/aromatic N) is 3. The summed E-state index contributed by atoms with van der Waals surface area (Å²) < 4.78 is 19.4. The molecule has 4 N–H and O–H groups in total. The van der Waals surface area contributed by atoms with E-state index in [9.17, 15) is 4.39 Å². The predicted molar refractivity (Wildman–Crippen MR) is 138 cm³/mol. The maximum absolute atomic E-state index is 13.7. The number of hydrogen-bond donors (Lipinski definition) is 2. The van der Waals surface area contributed by atoms with E-state index in [0.29, 0.717) is 18.1 Å². The maximum atomic E-state index is 13.7. The van der Waals surface area contributed by atoms with Gasteiger partial charge < -0.3 is 16.2 Å². The van der Waals surface area contributed by atoms with E-state index in [1.165, 1.54) is 13.3 Å². The number of aliphatic imine (C=N–C) groups is 2. The van der Waals surface area contributed by atoms with Crippen LogP contribution in [0.15, 0.2) is 70.4 Å². The SMILES string of the molecule is CC.CC.CC(Cl)/N=C/N.CC(N)=NC/C=C\C(Oc1cccc2cnccc12)=C(/C)F. The van der Waals surface area contributed by atoms with Crippen LogP contribution in [-0.2, 0) is 0 Å². The van der Waals surface area contributed by atoms with Crippen LogP contribution in [0.5, 0.6) is 5.75 Å². The van der Waals surface area contributed by atoms with E-state index in [1.807, 2.05) is 45.9 Å². The van der Waals surface area contributed by atoms with Gasteiger partial charge in [0.05, 0.1) is 18.7 Å². The number of hydrogen-bond acceptors (Lipinski definition) is 4. The first-order chi connectivity index (χ1) is 15.3. The molecular formula is C24H37ClFN5O. The molecule has 1 heterocycles. The molecule has 0 saturated carbocycles. The van der Waals surface area contributed by atoms with Crippen LogP contribution in [0.1, 0.15) is 48.5 Å². The number of fused-ring (bicyclic) bond motifs is 1. The number of halogens is 2. The number of amidine groups is 1. The Kier molecular flexibility index (Phi) is 19.5. The van der Waals surface area contributed by atoms with E-state index in [0.717, 1.165) is 10.8 Å². The summed E-state index contributed by atoms with van der Waals surface area (Å²) >= 11 is 5.30. The summed E-state index contributed by atoms with van der Waals surface area (Å²) in [5.74, 6) is 0.801. The lowest BCUT2D eigenvalue weighted by atomic mass is 10.1. The normalized spacial score (nSPS) is 12.6. The standard InChI is InChI=1S/C17H18FN3O.C3H7ClN2.2C2H6/c1-12(18)16(7-4-9-21-13(2)19)22-17-6-3-5-14-11-20-10-8-15(14)17;1-3(4)6-2-5;2*1-2/h3-8,10-11H,9H2,1-2H3,(H2,19,21);2-3H,1H3,(H2,5,6);2*1-2H3/b7-4-,16-12-;;;. The van der Waals surface area contributed by atoms with Gasteiger partial charge in [-0.05, 0) is 39.0 Å². The summed E-state index contributed by atoms with van der Waals surface area (Å²) in [6, 6.07) is 7.40. The maximum Gasteiger partial charge on any atom is 0.158 e. The Morgan fingerprint density at radius 2 is 1.88 bits per heavy atom. The van der Waals surface area contributed by atoms with Crippen molar-refractivity contribution in [2.75, 3.05) is 6.54 Å². The molecule has 2 rings (SSSR count). The molecule has 2 aromatic rings. The fourth-order valence-electron chi connectivity index (χ4n) is 1.99. The van der Waals surface area contributed by atoms with Gasteiger partial charge in [0.25, 0.3) is 0 Å². The molecule has 178 valence electrons. The minimum atomic E-state index is -0.407. The lowest BCUT2D eigenvalue weighted by Gasteiger charge is -2.09. The van der Waals surface area contributed by atoms with Gasteiger partial charge in [-0.15, -0.1) is 0 Å². The molecular weight excluding hydrogens is 429 g/mol. The van der Waals surface area contributed by atoms with Crippen molar-refractivity contribution in [3.05, 3.63) is 60.4 Å². The number of pyridine rings is 1. The van der Waals surface area contributed by atoms with Crippen LogP contribution in [0.2, 0.25) is 0 Å². The second-order valence-corrected chi connectivity index (χ2v) is 6.24. The van der Waals surface area contributed by atoms with Crippen LogP contribution in [0.3, 0.4) is 0 Å². The third-order valence-corrected chi connectivity index (χ3v) is 3.32. The summed E-state index contributed by atoms with van der Waals surface area (Å²) in [5.41, 5.74) is 10.1. The molecule has 0 saturated heterocycles. The third kappa shape index (κ3) is 14.1. The van der Waals surface area contributed by atoms with E-state index in [-0.39, 0.29) is 11.3 Å². The average Bonchev–Trinajstić information content (AvgIpc) is 2.78. The Morgan fingerprint density at radius 1 is 1.22 bits per heavy atom. The molecule has 0 amide bonds. The largest absolute Gasteiger partial charge is 0.454 e. The molecule has 1 aromatic heterocycles. The minimum Gasteiger partial charge on any atom is -0.454 e. The zero-order chi connectivity index (χ0) is 24.9. The van der Waals surface area contributed by atoms with Crippen LogP contribution in [0, 0.1) is 0 Å².